The van der Waals surface area contributed by atoms with Gasteiger partial charge in [0.1, 0.15) is 5.82 Å². The first-order valence-corrected chi connectivity index (χ1v) is 6.84. The second-order valence-corrected chi connectivity index (χ2v) is 5.54. The van der Waals surface area contributed by atoms with E-state index in [1.165, 1.54) is 38.2 Å². The van der Waals surface area contributed by atoms with E-state index in [9.17, 15) is 4.39 Å². The van der Waals surface area contributed by atoms with Crippen LogP contribution in [-0.2, 0) is 0 Å². The third-order valence-electron chi connectivity index (χ3n) is 3.98. The van der Waals surface area contributed by atoms with Crippen molar-refractivity contribution >= 4 is 11.4 Å². The third-order valence-corrected chi connectivity index (χ3v) is 3.98. The number of hydrogen-bond acceptors (Lipinski definition) is 2. The molecule has 0 atom stereocenters. The largest absolute Gasteiger partial charge is 0.397 e. The van der Waals surface area contributed by atoms with Crippen molar-refractivity contribution in [3.8, 4) is 0 Å². The number of hydrogen-bond donors (Lipinski definition) is 1. The van der Waals surface area contributed by atoms with Crippen molar-refractivity contribution in [2.24, 2.45) is 5.92 Å². The maximum Gasteiger partial charge on any atom is 0.128 e. The molecule has 0 unspecified atom stereocenters. The van der Waals surface area contributed by atoms with Gasteiger partial charge in [-0.1, -0.05) is 19.3 Å². The lowest BCUT2D eigenvalue weighted by atomic mass is 9.89. The summed E-state index contributed by atoms with van der Waals surface area (Å²) in [7, 11) is 2.05. The van der Waals surface area contributed by atoms with Crippen molar-refractivity contribution in [3.05, 3.63) is 23.5 Å². The molecular formula is C15H23FN2. The number of halogens is 1. The Morgan fingerprint density at radius 2 is 1.94 bits per heavy atom. The van der Waals surface area contributed by atoms with Gasteiger partial charge in [0.2, 0.25) is 0 Å². The number of nitrogens with two attached hydrogens (primary N) is 1. The lowest BCUT2D eigenvalue weighted by Gasteiger charge is -2.29. The fourth-order valence-electron chi connectivity index (χ4n) is 2.87. The van der Waals surface area contributed by atoms with Crippen LogP contribution in [0.2, 0.25) is 0 Å². The van der Waals surface area contributed by atoms with Crippen molar-refractivity contribution in [1.29, 1.82) is 0 Å². The average molecular weight is 250 g/mol. The van der Waals surface area contributed by atoms with Gasteiger partial charge in [0.15, 0.2) is 0 Å². The minimum absolute atomic E-state index is 0.220. The monoisotopic (exact) mass is 250 g/mol. The van der Waals surface area contributed by atoms with Crippen molar-refractivity contribution < 1.29 is 4.39 Å². The predicted molar refractivity (Wildman–Crippen MR) is 75.4 cm³/mol. The highest BCUT2D eigenvalue weighted by Crippen LogP contribution is 2.29. The zero-order valence-corrected chi connectivity index (χ0v) is 11.4. The molecule has 1 aromatic rings. The summed E-state index contributed by atoms with van der Waals surface area (Å²) in [5, 5.41) is 0. The Labute approximate surface area is 109 Å². The van der Waals surface area contributed by atoms with Gasteiger partial charge in [0.25, 0.3) is 0 Å². The standard InChI is InChI=1S/C15H23FN2/c1-11-8-15(14(17)9-13(11)16)18(2)10-12-6-4-3-5-7-12/h8-9,12H,3-7,10,17H2,1-2H3. The van der Waals surface area contributed by atoms with Crippen molar-refractivity contribution in [2.45, 2.75) is 39.0 Å². The SMILES string of the molecule is Cc1cc(N(C)CC2CCCCC2)c(N)cc1F. The molecule has 1 aromatic carbocycles. The maximum absolute atomic E-state index is 13.4. The van der Waals surface area contributed by atoms with E-state index in [0.717, 1.165) is 18.2 Å². The summed E-state index contributed by atoms with van der Waals surface area (Å²) in [5.41, 5.74) is 8.07. The van der Waals surface area contributed by atoms with Crippen LogP contribution in [0.5, 0.6) is 0 Å². The Kier molecular flexibility index (Phi) is 4.10. The van der Waals surface area contributed by atoms with Crippen molar-refractivity contribution in [3.63, 3.8) is 0 Å². The van der Waals surface area contributed by atoms with E-state index >= 15 is 0 Å². The van der Waals surface area contributed by atoms with Crippen LogP contribution in [0.1, 0.15) is 37.7 Å². The second kappa shape index (κ2) is 5.59. The molecule has 100 valence electrons. The zero-order chi connectivity index (χ0) is 13.1. The molecule has 0 aromatic heterocycles. The molecule has 0 saturated heterocycles. The van der Waals surface area contributed by atoms with E-state index in [1.807, 2.05) is 6.07 Å². The highest BCUT2D eigenvalue weighted by atomic mass is 19.1. The van der Waals surface area contributed by atoms with Gasteiger partial charge in [-0.15, -0.1) is 0 Å². The van der Waals surface area contributed by atoms with Crippen molar-refractivity contribution in [2.75, 3.05) is 24.2 Å². The van der Waals surface area contributed by atoms with E-state index in [2.05, 4.69) is 11.9 Å². The second-order valence-electron chi connectivity index (χ2n) is 5.54. The summed E-state index contributed by atoms with van der Waals surface area (Å²) in [4.78, 5) is 2.18. The van der Waals surface area contributed by atoms with Gasteiger partial charge in [-0.25, -0.2) is 4.39 Å². The van der Waals surface area contributed by atoms with Crippen LogP contribution in [0.4, 0.5) is 15.8 Å². The summed E-state index contributed by atoms with van der Waals surface area (Å²) in [6.07, 6.45) is 6.68. The van der Waals surface area contributed by atoms with Gasteiger partial charge in [-0.05, 0) is 43.4 Å². The van der Waals surface area contributed by atoms with E-state index in [0.29, 0.717) is 11.3 Å². The molecule has 1 saturated carbocycles. The molecular weight excluding hydrogens is 227 g/mol. The molecule has 2 nitrogen and oxygen atoms in total. The van der Waals surface area contributed by atoms with Gasteiger partial charge in [-0.2, -0.15) is 0 Å². The van der Waals surface area contributed by atoms with E-state index in [4.69, 9.17) is 5.73 Å². The molecule has 2 rings (SSSR count). The first kappa shape index (κ1) is 13.2. The van der Waals surface area contributed by atoms with E-state index < -0.39 is 0 Å². The van der Waals surface area contributed by atoms with Gasteiger partial charge in [0, 0.05) is 13.6 Å². The molecule has 1 aliphatic rings. The molecule has 1 fully saturated rings. The molecule has 18 heavy (non-hydrogen) atoms. The number of nitrogens with zero attached hydrogens (tertiary/aromatic N) is 1. The first-order valence-electron chi connectivity index (χ1n) is 6.84. The molecule has 0 bridgehead atoms. The Hall–Kier alpha value is -1.25. The fraction of sp³-hybridized carbons (Fsp3) is 0.600. The quantitative estimate of drug-likeness (QED) is 0.828. The highest BCUT2D eigenvalue weighted by Gasteiger charge is 2.17. The molecule has 2 N–H and O–H groups in total. The molecule has 3 heteroatoms. The minimum atomic E-state index is -0.220. The average Bonchev–Trinajstić information content (AvgIpc) is 2.35. The number of nitrogen functional groups attached to an aromatic ring is 1. The van der Waals surface area contributed by atoms with E-state index in [1.54, 1.807) is 6.92 Å². The Bertz CT molecular complexity index is 411. The molecule has 0 radical (unpaired) electrons. The Balaban J connectivity index is 2.08. The number of benzene rings is 1. The van der Waals surface area contributed by atoms with Gasteiger partial charge in [0.05, 0.1) is 11.4 Å². The topological polar surface area (TPSA) is 29.3 Å². The Morgan fingerprint density at radius 3 is 2.61 bits per heavy atom. The van der Waals surface area contributed by atoms with Crippen LogP contribution >= 0.6 is 0 Å². The molecule has 0 aliphatic heterocycles. The van der Waals surface area contributed by atoms with Crippen LogP contribution in [0.15, 0.2) is 12.1 Å². The molecule has 1 aliphatic carbocycles. The molecule has 0 amide bonds. The smallest absolute Gasteiger partial charge is 0.128 e. The summed E-state index contributed by atoms with van der Waals surface area (Å²) < 4.78 is 13.4. The van der Waals surface area contributed by atoms with Crippen LogP contribution in [-0.4, -0.2) is 13.6 Å². The Morgan fingerprint density at radius 1 is 1.28 bits per heavy atom. The number of aryl methyl sites for hydroxylation is 1. The number of rotatable bonds is 3. The van der Waals surface area contributed by atoms with Crippen LogP contribution < -0.4 is 10.6 Å². The summed E-state index contributed by atoms with van der Waals surface area (Å²) in [6.45, 7) is 2.81. The lowest BCUT2D eigenvalue weighted by molar-refractivity contribution is 0.362. The van der Waals surface area contributed by atoms with E-state index in [-0.39, 0.29) is 5.82 Å². The number of anilines is 2. The third kappa shape index (κ3) is 2.95. The normalized spacial score (nSPS) is 16.8. The van der Waals surface area contributed by atoms with Crippen LogP contribution in [0, 0.1) is 18.7 Å². The fourth-order valence-corrected chi connectivity index (χ4v) is 2.87. The maximum atomic E-state index is 13.4. The van der Waals surface area contributed by atoms with Gasteiger partial charge >= 0.3 is 0 Å². The van der Waals surface area contributed by atoms with Gasteiger partial charge < -0.3 is 10.6 Å². The molecule has 0 spiro atoms. The van der Waals surface area contributed by atoms with Crippen LogP contribution in [0.25, 0.3) is 0 Å². The molecule has 0 heterocycles. The van der Waals surface area contributed by atoms with Gasteiger partial charge in [-0.3, -0.25) is 0 Å². The highest BCUT2D eigenvalue weighted by molar-refractivity contribution is 5.68. The summed E-state index contributed by atoms with van der Waals surface area (Å²) in [5.74, 6) is 0.538. The summed E-state index contributed by atoms with van der Waals surface area (Å²) in [6, 6.07) is 3.29. The van der Waals surface area contributed by atoms with Crippen molar-refractivity contribution in [1.82, 2.24) is 0 Å². The predicted octanol–water partition coefficient (Wildman–Crippen LogP) is 3.73. The minimum Gasteiger partial charge on any atom is -0.397 e. The van der Waals surface area contributed by atoms with Crippen LogP contribution in [0.3, 0.4) is 0 Å². The lowest BCUT2D eigenvalue weighted by Crippen LogP contribution is -2.27. The zero-order valence-electron chi connectivity index (χ0n) is 11.4. The summed E-state index contributed by atoms with van der Waals surface area (Å²) >= 11 is 0. The first-order chi connectivity index (χ1) is 8.58.